The highest BCUT2D eigenvalue weighted by Gasteiger charge is 2.40. The predicted molar refractivity (Wildman–Crippen MR) is 178 cm³/mol. The van der Waals surface area contributed by atoms with Gasteiger partial charge in [-0.1, -0.05) is 26.0 Å². The van der Waals surface area contributed by atoms with Crippen molar-refractivity contribution in [1.29, 1.82) is 0 Å². The van der Waals surface area contributed by atoms with Gasteiger partial charge in [0, 0.05) is 19.5 Å². The van der Waals surface area contributed by atoms with Crippen LogP contribution in [-0.2, 0) is 30.4 Å². The van der Waals surface area contributed by atoms with Crippen LogP contribution in [0.25, 0.3) is 0 Å². The quantitative estimate of drug-likeness (QED) is 0.0499. The van der Waals surface area contributed by atoms with Gasteiger partial charge in [-0.3, -0.25) is 24.2 Å². The van der Waals surface area contributed by atoms with Crippen LogP contribution in [0.4, 0.5) is 0 Å². The molecule has 0 aliphatic carbocycles. The molecule has 268 valence electrons. The minimum atomic E-state index is -1.55. The Morgan fingerprint density at radius 2 is 1.67 bits per heavy atom. The smallest absolute Gasteiger partial charge is 0.328 e. The number of aliphatic hydroxyl groups excluding tert-OH is 1. The van der Waals surface area contributed by atoms with Gasteiger partial charge < -0.3 is 53.0 Å². The first-order chi connectivity index (χ1) is 22.6. The van der Waals surface area contributed by atoms with E-state index in [1.165, 1.54) is 11.8 Å². The van der Waals surface area contributed by atoms with Crippen molar-refractivity contribution in [2.24, 2.45) is 28.1 Å². The zero-order chi connectivity index (χ0) is 36.0. The van der Waals surface area contributed by atoms with E-state index < -0.39 is 65.9 Å². The number of likely N-dealkylation sites (tertiary alicyclic amines) is 1. The third-order valence-corrected chi connectivity index (χ3v) is 7.82. The molecule has 0 spiro atoms. The Morgan fingerprint density at radius 1 is 1.02 bits per heavy atom. The van der Waals surface area contributed by atoms with E-state index in [2.05, 4.69) is 20.9 Å². The summed E-state index contributed by atoms with van der Waals surface area (Å²) < 4.78 is 5.50. The number of carboxylic acids is 1. The molecule has 1 aliphatic rings. The molecule has 2 rings (SSSR count). The number of aliphatic hydroxyl groups is 1. The van der Waals surface area contributed by atoms with Crippen molar-refractivity contribution in [2.75, 3.05) is 19.7 Å². The number of nitrogens with two attached hydrogens (primary N) is 3. The van der Waals surface area contributed by atoms with Crippen molar-refractivity contribution in [3.8, 4) is 5.75 Å². The normalized spacial score (nSPS) is 17.4. The molecule has 0 radical (unpaired) electrons. The highest BCUT2D eigenvalue weighted by molar-refractivity contribution is 5.96. The fourth-order valence-electron chi connectivity index (χ4n) is 5.37. The van der Waals surface area contributed by atoms with Gasteiger partial charge in [0.2, 0.25) is 23.6 Å². The van der Waals surface area contributed by atoms with Gasteiger partial charge >= 0.3 is 5.97 Å². The van der Waals surface area contributed by atoms with E-state index in [-0.39, 0.29) is 50.7 Å². The number of benzene rings is 1. The van der Waals surface area contributed by atoms with Crippen molar-refractivity contribution in [3.63, 3.8) is 0 Å². The van der Waals surface area contributed by atoms with Crippen LogP contribution >= 0.6 is 0 Å². The lowest BCUT2D eigenvalue weighted by Gasteiger charge is -2.31. The molecule has 1 aliphatic heterocycles. The van der Waals surface area contributed by atoms with Gasteiger partial charge in [-0.15, -0.1) is 0 Å². The summed E-state index contributed by atoms with van der Waals surface area (Å²) in [4.78, 5) is 70.7. The predicted octanol–water partition coefficient (Wildman–Crippen LogP) is -1.03. The van der Waals surface area contributed by atoms with E-state index in [1.807, 2.05) is 20.8 Å². The molecule has 16 nitrogen and oxygen atoms in total. The Morgan fingerprint density at radius 3 is 2.23 bits per heavy atom. The van der Waals surface area contributed by atoms with E-state index in [4.69, 9.17) is 21.9 Å². The number of carboxylic acid groups (broad SMARTS) is 1. The lowest BCUT2D eigenvalue weighted by Crippen LogP contribution is -2.59. The number of nitrogens with zero attached hydrogens (tertiary/aromatic N) is 2. The van der Waals surface area contributed by atoms with Crippen LogP contribution in [0.3, 0.4) is 0 Å². The zero-order valence-corrected chi connectivity index (χ0v) is 28.2. The van der Waals surface area contributed by atoms with Crippen LogP contribution in [0.2, 0.25) is 0 Å². The molecule has 1 saturated heterocycles. The summed E-state index contributed by atoms with van der Waals surface area (Å²) in [7, 11) is 0. The summed E-state index contributed by atoms with van der Waals surface area (Å²) >= 11 is 0. The molecule has 4 amide bonds. The number of hydrogen-bond acceptors (Lipinski definition) is 9. The summed E-state index contributed by atoms with van der Waals surface area (Å²) in [6.07, 6.45) is 0.401. The molecule has 6 atom stereocenters. The van der Waals surface area contributed by atoms with Gasteiger partial charge in [0.1, 0.15) is 23.9 Å². The molecule has 0 unspecified atom stereocenters. The number of amides is 4. The number of nitrogens with one attached hydrogen (secondary N) is 3. The summed E-state index contributed by atoms with van der Waals surface area (Å²) in [5.74, 6) is -3.30. The number of carbonyl (C=O) groups is 5. The number of aliphatic carboxylic acids is 1. The van der Waals surface area contributed by atoms with Gasteiger partial charge in [0.15, 0.2) is 12.0 Å². The van der Waals surface area contributed by atoms with Crippen LogP contribution in [0.15, 0.2) is 29.3 Å². The van der Waals surface area contributed by atoms with Crippen LogP contribution < -0.4 is 37.9 Å². The summed E-state index contributed by atoms with van der Waals surface area (Å²) in [6.45, 7) is 7.83. The molecule has 16 heteroatoms. The average molecular weight is 677 g/mol. The van der Waals surface area contributed by atoms with Gasteiger partial charge in [-0.05, 0) is 69.6 Å². The third kappa shape index (κ3) is 12.6. The van der Waals surface area contributed by atoms with Crippen LogP contribution in [0.5, 0.6) is 5.75 Å². The molecular formula is C32H52N8O8. The molecule has 1 fully saturated rings. The second-order valence-electron chi connectivity index (χ2n) is 12.3. The standard InChI is InChI=1S/C32H52N8O8/c1-5-48-21-12-10-20(11-13-21)17-23(37-27(42)22(33)8-6-14-36-32(34)35)28(43)38-24(16-18(2)3)30(45)40-15-7-9-25(40)29(44)39-26(19(4)41)31(46)47/h10-13,18-19,22-26,41H,5-9,14-17,33H2,1-4H3,(H,37,42)(H,38,43)(H,39,44)(H,46,47)(H4,34,35,36)/t19-,22+,23+,24+,25+,26+/m1/s1. The van der Waals surface area contributed by atoms with E-state index in [0.29, 0.717) is 30.8 Å². The van der Waals surface area contributed by atoms with Gasteiger partial charge in [-0.25, -0.2) is 4.79 Å². The van der Waals surface area contributed by atoms with Crippen molar-refractivity contribution < 1.29 is 38.9 Å². The minimum Gasteiger partial charge on any atom is -0.494 e. The fraction of sp³-hybridized carbons (Fsp3) is 0.625. The highest BCUT2D eigenvalue weighted by Crippen LogP contribution is 2.21. The molecule has 1 aromatic rings. The maximum absolute atomic E-state index is 13.9. The van der Waals surface area contributed by atoms with Gasteiger partial charge in [0.25, 0.3) is 0 Å². The number of ether oxygens (including phenoxy) is 1. The SMILES string of the molecule is CCOc1ccc(C[C@H](NC(=O)[C@@H](N)CCCN=C(N)N)C(=O)N[C@@H](CC(C)C)C(=O)N2CCC[C@H]2C(=O)N[C@H](C(=O)O)[C@@H](C)O)cc1. The molecule has 1 heterocycles. The Balaban J connectivity index is 2.28. The number of aliphatic imine (C=N–C) groups is 1. The maximum Gasteiger partial charge on any atom is 0.328 e. The van der Waals surface area contributed by atoms with Gasteiger partial charge in [-0.2, -0.15) is 0 Å². The number of carbonyl (C=O) groups excluding carboxylic acids is 4. The average Bonchev–Trinajstić information content (AvgIpc) is 3.51. The third-order valence-electron chi connectivity index (χ3n) is 7.82. The van der Waals surface area contributed by atoms with Crippen molar-refractivity contribution >= 4 is 35.6 Å². The van der Waals surface area contributed by atoms with Crippen LogP contribution in [-0.4, -0.2) is 107 Å². The first-order valence-electron chi connectivity index (χ1n) is 16.3. The lowest BCUT2D eigenvalue weighted by atomic mass is 10.00. The Labute approximate surface area is 281 Å². The van der Waals surface area contributed by atoms with E-state index in [9.17, 15) is 34.2 Å². The van der Waals surface area contributed by atoms with Crippen LogP contribution in [0, 0.1) is 5.92 Å². The number of hydrogen-bond donors (Lipinski definition) is 8. The molecule has 11 N–H and O–H groups in total. The Hall–Kier alpha value is -4.44. The van der Waals surface area contributed by atoms with Crippen molar-refractivity contribution in [2.45, 2.75) is 103 Å². The Bertz CT molecular complexity index is 1270. The fourth-order valence-corrected chi connectivity index (χ4v) is 5.37. The lowest BCUT2D eigenvalue weighted by molar-refractivity contribution is -0.147. The zero-order valence-electron chi connectivity index (χ0n) is 28.2. The topological polar surface area (TPSA) is 265 Å². The first kappa shape index (κ1) is 39.7. The Kier molecular flexibility index (Phi) is 16.1. The summed E-state index contributed by atoms with van der Waals surface area (Å²) in [5.41, 5.74) is 17.5. The van der Waals surface area contributed by atoms with E-state index in [0.717, 1.165) is 0 Å². The van der Waals surface area contributed by atoms with E-state index in [1.54, 1.807) is 24.3 Å². The second kappa shape index (κ2) is 19.4. The summed E-state index contributed by atoms with van der Waals surface area (Å²) in [5, 5.41) is 27.1. The molecule has 0 saturated carbocycles. The van der Waals surface area contributed by atoms with Gasteiger partial charge in [0.05, 0.1) is 18.8 Å². The molecule has 0 bridgehead atoms. The molecular weight excluding hydrogens is 624 g/mol. The minimum absolute atomic E-state index is 0.0430. The monoisotopic (exact) mass is 676 g/mol. The number of rotatable bonds is 19. The molecule has 0 aromatic heterocycles. The number of guanidine groups is 1. The van der Waals surface area contributed by atoms with E-state index >= 15 is 0 Å². The largest absolute Gasteiger partial charge is 0.494 e. The maximum atomic E-state index is 13.9. The summed E-state index contributed by atoms with van der Waals surface area (Å²) in [6, 6.07) is 1.40. The molecule has 1 aromatic carbocycles. The van der Waals surface area contributed by atoms with Crippen molar-refractivity contribution in [1.82, 2.24) is 20.9 Å². The first-order valence-corrected chi connectivity index (χ1v) is 16.3. The van der Waals surface area contributed by atoms with Crippen molar-refractivity contribution in [3.05, 3.63) is 29.8 Å². The van der Waals surface area contributed by atoms with Crippen LogP contribution in [0.1, 0.15) is 65.4 Å². The second-order valence-corrected chi connectivity index (χ2v) is 12.3. The molecule has 48 heavy (non-hydrogen) atoms. The highest BCUT2D eigenvalue weighted by atomic mass is 16.5.